The van der Waals surface area contributed by atoms with Crippen LogP contribution in [-0.2, 0) is 0 Å². The maximum atomic E-state index is 11.2. The Balaban J connectivity index is 2.28. The zero-order valence-electron chi connectivity index (χ0n) is 7.66. The van der Waals surface area contributed by atoms with Crippen molar-refractivity contribution >= 4 is 5.78 Å². The Morgan fingerprint density at radius 1 is 1.77 bits per heavy atom. The van der Waals surface area contributed by atoms with Crippen LogP contribution in [0, 0.1) is 0 Å². The maximum Gasteiger partial charge on any atom is 0.177 e. The number of Topliss-reactive ketones (excluding diaryl/α,β-unsaturated/α-hetero) is 1. The molecule has 0 aliphatic carbocycles. The van der Waals surface area contributed by atoms with E-state index in [9.17, 15) is 4.79 Å². The van der Waals surface area contributed by atoms with E-state index in [4.69, 9.17) is 0 Å². The molecule has 70 valence electrons. The van der Waals surface area contributed by atoms with Crippen molar-refractivity contribution in [3.05, 3.63) is 18.0 Å². The predicted molar refractivity (Wildman–Crippen MR) is 48.8 cm³/mol. The minimum Gasteiger partial charge on any atom is -0.315 e. The topological polar surface area (TPSA) is 46.9 Å². The molecule has 4 nitrogen and oxygen atoms in total. The minimum absolute atomic E-state index is 0.0874. The van der Waals surface area contributed by atoms with Crippen molar-refractivity contribution in [1.29, 1.82) is 0 Å². The van der Waals surface area contributed by atoms with E-state index in [0.29, 0.717) is 11.7 Å². The number of carbonyl (C=O) groups excluding carboxylic acids is 1. The molecule has 1 aliphatic heterocycles. The molecular weight excluding hydrogens is 166 g/mol. The van der Waals surface area contributed by atoms with Gasteiger partial charge in [0.15, 0.2) is 5.78 Å². The van der Waals surface area contributed by atoms with E-state index in [1.54, 1.807) is 19.2 Å². The molecule has 4 heteroatoms. The number of aromatic nitrogens is 2. The normalized spacial score (nSPS) is 22.1. The fourth-order valence-electron chi connectivity index (χ4n) is 1.73. The second-order valence-corrected chi connectivity index (χ2v) is 3.36. The molecule has 1 N–H and O–H groups in total. The van der Waals surface area contributed by atoms with Crippen LogP contribution < -0.4 is 5.32 Å². The molecule has 1 aromatic rings. The first-order valence-electron chi connectivity index (χ1n) is 4.54. The van der Waals surface area contributed by atoms with Crippen LogP contribution in [0.1, 0.15) is 29.9 Å². The summed E-state index contributed by atoms with van der Waals surface area (Å²) in [7, 11) is 0. The lowest BCUT2D eigenvalue weighted by molar-refractivity contribution is 0.100. The molecular formula is C9H13N3O. The maximum absolute atomic E-state index is 11.2. The predicted octanol–water partition coefficient (Wildman–Crippen LogP) is 0.620. The molecule has 2 heterocycles. The second-order valence-electron chi connectivity index (χ2n) is 3.36. The highest BCUT2D eigenvalue weighted by Gasteiger charge is 2.20. The number of hydrogen-bond acceptors (Lipinski definition) is 3. The van der Waals surface area contributed by atoms with Gasteiger partial charge < -0.3 is 5.32 Å². The summed E-state index contributed by atoms with van der Waals surface area (Å²) < 4.78 is 1.84. The molecule has 1 unspecified atom stereocenters. The lowest BCUT2D eigenvalue weighted by Crippen LogP contribution is -2.18. The van der Waals surface area contributed by atoms with Gasteiger partial charge in [0.1, 0.15) is 5.69 Å². The molecule has 0 aromatic carbocycles. The highest BCUT2D eigenvalue weighted by atomic mass is 16.1. The standard InChI is InChI=1S/C9H13N3O/c1-7(13)9-3-5-11-12(9)8-2-4-10-6-8/h3,5,8,10H,2,4,6H2,1H3. The van der Waals surface area contributed by atoms with Crippen LogP contribution in [0.3, 0.4) is 0 Å². The zero-order chi connectivity index (χ0) is 9.26. The highest BCUT2D eigenvalue weighted by molar-refractivity contribution is 5.92. The van der Waals surface area contributed by atoms with Crippen LogP contribution in [0.25, 0.3) is 0 Å². The van der Waals surface area contributed by atoms with Gasteiger partial charge in [0, 0.05) is 19.7 Å². The summed E-state index contributed by atoms with van der Waals surface area (Å²) in [5.41, 5.74) is 0.716. The average molecular weight is 179 g/mol. The molecule has 1 fully saturated rings. The van der Waals surface area contributed by atoms with E-state index in [1.165, 1.54) is 0 Å². The Morgan fingerprint density at radius 2 is 2.62 bits per heavy atom. The fourth-order valence-corrected chi connectivity index (χ4v) is 1.73. The number of nitrogens with one attached hydrogen (secondary N) is 1. The summed E-state index contributed by atoms with van der Waals surface area (Å²) in [6, 6.07) is 2.13. The Kier molecular flexibility index (Phi) is 2.14. The first-order chi connectivity index (χ1) is 6.29. The quantitative estimate of drug-likeness (QED) is 0.677. The van der Waals surface area contributed by atoms with Crippen LogP contribution in [-0.4, -0.2) is 28.7 Å². The Labute approximate surface area is 76.9 Å². The van der Waals surface area contributed by atoms with Gasteiger partial charge in [0.25, 0.3) is 0 Å². The molecule has 0 amide bonds. The summed E-state index contributed by atoms with van der Waals surface area (Å²) >= 11 is 0. The first kappa shape index (κ1) is 8.44. The third kappa shape index (κ3) is 1.49. The number of nitrogens with zero attached hydrogens (tertiary/aromatic N) is 2. The van der Waals surface area contributed by atoms with Crippen LogP contribution in [0.15, 0.2) is 12.3 Å². The molecule has 1 aliphatic rings. The molecule has 2 rings (SSSR count). The van der Waals surface area contributed by atoms with Gasteiger partial charge in [-0.05, 0) is 19.0 Å². The van der Waals surface area contributed by atoms with Gasteiger partial charge in [-0.2, -0.15) is 5.10 Å². The van der Waals surface area contributed by atoms with E-state index in [1.807, 2.05) is 4.68 Å². The van der Waals surface area contributed by atoms with Crippen molar-refractivity contribution < 1.29 is 4.79 Å². The second kappa shape index (κ2) is 3.30. The molecule has 0 bridgehead atoms. The van der Waals surface area contributed by atoms with Crippen molar-refractivity contribution in [2.45, 2.75) is 19.4 Å². The molecule has 1 atom stereocenters. The smallest absolute Gasteiger partial charge is 0.177 e. The lowest BCUT2D eigenvalue weighted by atomic mass is 10.2. The Hall–Kier alpha value is -1.16. The molecule has 1 aromatic heterocycles. The van der Waals surface area contributed by atoms with Gasteiger partial charge in [-0.25, -0.2) is 0 Å². The van der Waals surface area contributed by atoms with Gasteiger partial charge in [-0.3, -0.25) is 9.48 Å². The van der Waals surface area contributed by atoms with Crippen molar-refractivity contribution in [2.75, 3.05) is 13.1 Å². The fraction of sp³-hybridized carbons (Fsp3) is 0.556. The molecule has 13 heavy (non-hydrogen) atoms. The van der Waals surface area contributed by atoms with Crippen LogP contribution >= 0.6 is 0 Å². The summed E-state index contributed by atoms with van der Waals surface area (Å²) in [6.07, 6.45) is 2.75. The van der Waals surface area contributed by atoms with Gasteiger partial charge in [-0.15, -0.1) is 0 Å². The van der Waals surface area contributed by atoms with Crippen molar-refractivity contribution in [3.8, 4) is 0 Å². The summed E-state index contributed by atoms with van der Waals surface area (Å²) in [5.74, 6) is 0.0874. The van der Waals surface area contributed by atoms with E-state index in [2.05, 4.69) is 10.4 Å². The van der Waals surface area contributed by atoms with E-state index < -0.39 is 0 Å². The Bertz CT molecular complexity index is 312. The average Bonchev–Trinajstić information content (AvgIpc) is 2.74. The van der Waals surface area contributed by atoms with Gasteiger partial charge in [0.05, 0.1) is 6.04 Å². The Morgan fingerprint density at radius 3 is 3.23 bits per heavy atom. The zero-order valence-corrected chi connectivity index (χ0v) is 7.66. The molecule has 0 radical (unpaired) electrons. The van der Waals surface area contributed by atoms with E-state index in [-0.39, 0.29) is 5.78 Å². The number of ketones is 1. The molecule has 0 saturated carbocycles. The SMILES string of the molecule is CC(=O)c1ccnn1C1CCNC1. The van der Waals surface area contributed by atoms with Gasteiger partial charge in [0.2, 0.25) is 0 Å². The summed E-state index contributed by atoms with van der Waals surface area (Å²) in [5, 5.41) is 7.43. The van der Waals surface area contributed by atoms with Gasteiger partial charge >= 0.3 is 0 Å². The number of hydrogen-bond donors (Lipinski definition) is 1. The van der Waals surface area contributed by atoms with E-state index in [0.717, 1.165) is 19.5 Å². The minimum atomic E-state index is 0.0874. The highest BCUT2D eigenvalue weighted by Crippen LogP contribution is 2.16. The summed E-state index contributed by atoms with van der Waals surface area (Å²) in [4.78, 5) is 11.2. The summed E-state index contributed by atoms with van der Waals surface area (Å²) in [6.45, 7) is 3.51. The van der Waals surface area contributed by atoms with Gasteiger partial charge in [-0.1, -0.05) is 0 Å². The lowest BCUT2D eigenvalue weighted by Gasteiger charge is -2.11. The number of carbonyl (C=O) groups is 1. The van der Waals surface area contributed by atoms with Crippen molar-refractivity contribution in [1.82, 2.24) is 15.1 Å². The molecule has 0 spiro atoms. The largest absolute Gasteiger partial charge is 0.315 e. The third-order valence-corrected chi connectivity index (χ3v) is 2.41. The third-order valence-electron chi connectivity index (χ3n) is 2.41. The van der Waals surface area contributed by atoms with Crippen LogP contribution in [0.4, 0.5) is 0 Å². The van der Waals surface area contributed by atoms with Crippen LogP contribution in [0.5, 0.6) is 0 Å². The molecule has 1 saturated heterocycles. The van der Waals surface area contributed by atoms with E-state index >= 15 is 0 Å². The van der Waals surface area contributed by atoms with Crippen molar-refractivity contribution in [3.63, 3.8) is 0 Å². The number of rotatable bonds is 2. The van der Waals surface area contributed by atoms with Crippen LogP contribution in [0.2, 0.25) is 0 Å². The van der Waals surface area contributed by atoms with Crippen molar-refractivity contribution in [2.24, 2.45) is 0 Å². The first-order valence-corrected chi connectivity index (χ1v) is 4.54. The monoisotopic (exact) mass is 179 g/mol.